The highest BCUT2D eigenvalue weighted by Gasteiger charge is 2.36. The molecule has 1 rings (SSSR count). The van der Waals surface area contributed by atoms with Crippen LogP contribution in [0, 0.1) is 11.3 Å². The van der Waals surface area contributed by atoms with Gasteiger partial charge in [0.1, 0.15) is 0 Å². The van der Waals surface area contributed by atoms with Crippen molar-refractivity contribution >= 4 is 10.1 Å². The van der Waals surface area contributed by atoms with Crippen LogP contribution in [-0.2, 0) is 10.1 Å². The molecule has 0 aromatic heterocycles. The van der Waals surface area contributed by atoms with Gasteiger partial charge in [-0.3, -0.25) is 4.55 Å². The van der Waals surface area contributed by atoms with Crippen LogP contribution >= 0.6 is 0 Å². The second-order valence-corrected chi connectivity index (χ2v) is 5.14. The maximum atomic E-state index is 10.9. The van der Waals surface area contributed by atoms with Gasteiger partial charge in [0.25, 0.3) is 10.1 Å². The molecule has 5 nitrogen and oxygen atoms in total. The molecule has 0 amide bonds. The Kier molecular flexibility index (Phi) is 3.34. The van der Waals surface area contributed by atoms with Gasteiger partial charge in [-0.25, -0.2) is 0 Å². The summed E-state index contributed by atoms with van der Waals surface area (Å²) in [6.07, 6.45) is 4.01. The van der Waals surface area contributed by atoms with Gasteiger partial charge in [-0.05, 0) is 12.0 Å². The number of aliphatic hydroxyl groups is 2. The standard InChI is InChI=1S/C9H14O5S/c1-7-2-3-8(15(12,13)14)4-9(7,5-10)6-11/h2-4,7,10-11H,5-6H2,1H3,(H,12,13,14). The molecule has 0 spiro atoms. The normalized spacial score (nSPS) is 25.1. The first-order valence-electron chi connectivity index (χ1n) is 4.46. The van der Waals surface area contributed by atoms with Crippen molar-refractivity contribution in [1.29, 1.82) is 0 Å². The van der Waals surface area contributed by atoms with Crippen molar-refractivity contribution in [2.75, 3.05) is 13.2 Å². The van der Waals surface area contributed by atoms with E-state index in [0.29, 0.717) is 0 Å². The minimum atomic E-state index is -4.29. The van der Waals surface area contributed by atoms with Gasteiger partial charge in [0.15, 0.2) is 0 Å². The number of hydrogen-bond acceptors (Lipinski definition) is 4. The lowest BCUT2D eigenvalue weighted by Crippen LogP contribution is -2.36. The summed E-state index contributed by atoms with van der Waals surface area (Å²) in [6.45, 7) is 0.988. The van der Waals surface area contributed by atoms with E-state index in [1.807, 2.05) is 0 Å². The summed E-state index contributed by atoms with van der Waals surface area (Å²) in [5.74, 6) is -0.196. The number of hydrogen-bond donors (Lipinski definition) is 3. The van der Waals surface area contributed by atoms with Crippen molar-refractivity contribution in [3.8, 4) is 0 Å². The Bertz CT molecular complexity index is 389. The molecule has 86 valence electrons. The predicted molar refractivity (Wildman–Crippen MR) is 54.5 cm³/mol. The summed E-state index contributed by atoms with van der Waals surface area (Å²) in [6, 6.07) is 0. The molecular formula is C9H14O5S. The van der Waals surface area contributed by atoms with E-state index in [-0.39, 0.29) is 24.0 Å². The van der Waals surface area contributed by atoms with Gasteiger partial charge in [0.05, 0.1) is 18.1 Å². The van der Waals surface area contributed by atoms with Crippen LogP contribution in [0.4, 0.5) is 0 Å². The molecule has 0 aromatic carbocycles. The third-order valence-corrected chi connectivity index (χ3v) is 3.62. The molecule has 3 N–H and O–H groups in total. The van der Waals surface area contributed by atoms with Crippen LogP contribution < -0.4 is 0 Å². The smallest absolute Gasteiger partial charge is 0.294 e. The fourth-order valence-electron chi connectivity index (χ4n) is 1.48. The number of allylic oxidation sites excluding steroid dienone is 2. The first-order valence-corrected chi connectivity index (χ1v) is 5.90. The average Bonchev–Trinajstić information content (AvgIpc) is 2.17. The minimum absolute atomic E-state index is 0.196. The van der Waals surface area contributed by atoms with Crippen molar-refractivity contribution in [2.24, 2.45) is 11.3 Å². The van der Waals surface area contributed by atoms with E-state index in [0.717, 1.165) is 0 Å². The van der Waals surface area contributed by atoms with Crippen LogP contribution in [0.3, 0.4) is 0 Å². The molecule has 1 atom stereocenters. The monoisotopic (exact) mass is 234 g/mol. The zero-order valence-electron chi connectivity index (χ0n) is 8.29. The second-order valence-electron chi connectivity index (χ2n) is 3.72. The lowest BCUT2D eigenvalue weighted by atomic mass is 9.75. The van der Waals surface area contributed by atoms with Gasteiger partial charge in [-0.2, -0.15) is 8.42 Å². The molecule has 0 bridgehead atoms. The van der Waals surface area contributed by atoms with E-state index < -0.39 is 15.5 Å². The number of aliphatic hydroxyl groups excluding tert-OH is 2. The largest absolute Gasteiger partial charge is 0.395 e. The first-order chi connectivity index (χ1) is 6.85. The highest BCUT2D eigenvalue weighted by Crippen LogP contribution is 2.35. The van der Waals surface area contributed by atoms with Crippen LogP contribution in [0.1, 0.15) is 6.92 Å². The Labute approximate surface area is 88.5 Å². The van der Waals surface area contributed by atoms with Crippen molar-refractivity contribution in [1.82, 2.24) is 0 Å². The van der Waals surface area contributed by atoms with Gasteiger partial charge in [-0.15, -0.1) is 0 Å². The molecule has 15 heavy (non-hydrogen) atoms. The Balaban J connectivity index is 3.21. The van der Waals surface area contributed by atoms with Crippen LogP contribution in [-0.4, -0.2) is 36.4 Å². The zero-order chi connectivity index (χ0) is 11.7. The van der Waals surface area contributed by atoms with E-state index in [9.17, 15) is 18.6 Å². The maximum Gasteiger partial charge on any atom is 0.294 e. The lowest BCUT2D eigenvalue weighted by molar-refractivity contribution is 0.0645. The van der Waals surface area contributed by atoms with Crippen LogP contribution in [0.15, 0.2) is 23.1 Å². The highest BCUT2D eigenvalue weighted by atomic mass is 32.2. The zero-order valence-corrected chi connectivity index (χ0v) is 9.11. The van der Waals surface area contributed by atoms with Gasteiger partial charge >= 0.3 is 0 Å². The highest BCUT2D eigenvalue weighted by molar-refractivity contribution is 7.90. The Morgan fingerprint density at radius 2 is 1.93 bits per heavy atom. The predicted octanol–water partition coefficient (Wildman–Crippen LogP) is -0.0650. The van der Waals surface area contributed by atoms with E-state index in [1.165, 1.54) is 18.2 Å². The summed E-state index contributed by atoms with van der Waals surface area (Å²) in [7, 11) is -4.29. The van der Waals surface area contributed by atoms with Gasteiger partial charge in [0, 0.05) is 5.41 Å². The molecule has 1 aliphatic rings. The van der Waals surface area contributed by atoms with Crippen molar-refractivity contribution in [3.05, 3.63) is 23.1 Å². The van der Waals surface area contributed by atoms with E-state index in [4.69, 9.17) is 4.55 Å². The van der Waals surface area contributed by atoms with Crippen LogP contribution in [0.25, 0.3) is 0 Å². The molecular weight excluding hydrogens is 220 g/mol. The maximum absolute atomic E-state index is 10.9. The molecule has 0 aromatic rings. The van der Waals surface area contributed by atoms with Crippen molar-refractivity contribution < 1.29 is 23.2 Å². The third-order valence-electron chi connectivity index (χ3n) is 2.77. The van der Waals surface area contributed by atoms with E-state index in [2.05, 4.69) is 0 Å². The second kappa shape index (κ2) is 4.05. The van der Waals surface area contributed by atoms with Crippen LogP contribution in [0.5, 0.6) is 0 Å². The van der Waals surface area contributed by atoms with Crippen molar-refractivity contribution in [3.63, 3.8) is 0 Å². The summed E-state index contributed by atoms with van der Waals surface area (Å²) in [5.41, 5.74) is -1.03. The molecule has 0 radical (unpaired) electrons. The Morgan fingerprint density at radius 3 is 2.33 bits per heavy atom. The van der Waals surface area contributed by atoms with Crippen molar-refractivity contribution in [2.45, 2.75) is 6.92 Å². The van der Waals surface area contributed by atoms with E-state index in [1.54, 1.807) is 6.92 Å². The van der Waals surface area contributed by atoms with Gasteiger partial charge < -0.3 is 10.2 Å². The summed E-state index contributed by atoms with van der Waals surface area (Å²) in [5, 5.41) is 18.4. The summed E-state index contributed by atoms with van der Waals surface area (Å²) >= 11 is 0. The average molecular weight is 234 g/mol. The number of rotatable bonds is 3. The fourth-order valence-corrected chi connectivity index (χ4v) is 2.12. The third kappa shape index (κ3) is 2.28. The molecule has 0 saturated carbocycles. The van der Waals surface area contributed by atoms with Crippen LogP contribution in [0.2, 0.25) is 0 Å². The summed E-state index contributed by atoms with van der Waals surface area (Å²) in [4.78, 5) is -0.288. The molecule has 0 saturated heterocycles. The molecule has 0 aliphatic heterocycles. The molecule has 0 heterocycles. The quantitative estimate of drug-likeness (QED) is 0.594. The summed E-state index contributed by atoms with van der Waals surface area (Å²) < 4.78 is 30.6. The van der Waals surface area contributed by atoms with Gasteiger partial charge in [0.2, 0.25) is 0 Å². The molecule has 1 unspecified atom stereocenters. The van der Waals surface area contributed by atoms with Gasteiger partial charge in [-0.1, -0.05) is 19.1 Å². The van der Waals surface area contributed by atoms with E-state index >= 15 is 0 Å². The molecule has 1 aliphatic carbocycles. The molecule has 0 fully saturated rings. The SMILES string of the molecule is CC1C=CC(S(=O)(=O)O)=CC1(CO)CO. The lowest BCUT2D eigenvalue weighted by Gasteiger charge is -2.33. The fraction of sp³-hybridized carbons (Fsp3) is 0.556. The Morgan fingerprint density at radius 1 is 1.40 bits per heavy atom. The first kappa shape index (κ1) is 12.4. The topological polar surface area (TPSA) is 94.8 Å². The minimum Gasteiger partial charge on any atom is -0.395 e. The molecule has 6 heteroatoms. The Hall–Kier alpha value is -0.690.